The predicted molar refractivity (Wildman–Crippen MR) is 102 cm³/mol. The van der Waals surface area contributed by atoms with Gasteiger partial charge in [-0.15, -0.1) is 0 Å². The number of halogens is 3. The summed E-state index contributed by atoms with van der Waals surface area (Å²) in [7, 11) is 0. The summed E-state index contributed by atoms with van der Waals surface area (Å²) in [5.74, 6) is -0.352. The average Bonchev–Trinajstić information content (AvgIpc) is 3.33. The number of rotatable bonds is 3. The third kappa shape index (κ3) is 3.71. The average molecular weight is 402 g/mol. The van der Waals surface area contributed by atoms with E-state index in [2.05, 4.69) is 10.1 Å². The predicted octanol–water partition coefficient (Wildman–Crippen LogP) is 4.18. The summed E-state index contributed by atoms with van der Waals surface area (Å²) in [6.07, 6.45) is -3.85. The van der Waals surface area contributed by atoms with Gasteiger partial charge >= 0.3 is 6.18 Å². The van der Waals surface area contributed by atoms with Crippen LogP contribution in [0, 0.1) is 6.92 Å². The number of aryl methyl sites for hydroxylation is 1. The molecule has 152 valence electrons. The van der Waals surface area contributed by atoms with Crippen LogP contribution < -0.4 is 0 Å². The maximum atomic E-state index is 13.4. The van der Waals surface area contributed by atoms with Crippen molar-refractivity contribution in [2.24, 2.45) is 0 Å². The Hall–Kier alpha value is -2.90. The van der Waals surface area contributed by atoms with Crippen LogP contribution in [-0.2, 0) is 11.0 Å². The van der Waals surface area contributed by atoms with E-state index < -0.39 is 11.9 Å². The first kappa shape index (κ1) is 19.4. The summed E-state index contributed by atoms with van der Waals surface area (Å²) in [6, 6.07) is 12.1. The number of aromatic nitrogens is 3. The zero-order chi connectivity index (χ0) is 20.8. The van der Waals surface area contributed by atoms with Gasteiger partial charge < -0.3 is 4.90 Å². The third-order valence-corrected chi connectivity index (χ3v) is 5.45. The molecule has 29 heavy (non-hydrogen) atoms. The number of hydrogen-bond acceptors (Lipinski definition) is 3. The van der Waals surface area contributed by atoms with Crippen LogP contribution in [0.5, 0.6) is 0 Å². The van der Waals surface area contributed by atoms with Gasteiger partial charge in [0.25, 0.3) is 0 Å². The zero-order valence-corrected chi connectivity index (χ0v) is 16.1. The molecule has 0 radical (unpaired) electrons. The quantitative estimate of drug-likeness (QED) is 0.661. The maximum absolute atomic E-state index is 13.4. The molecule has 1 aliphatic heterocycles. The topological polar surface area (TPSA) is 50.5 Å². The van der Waals surface area contributed by atoms with Crippen LogP contribution in [0.15, 0.2) is 42.5 Å². The number of hydrogen-bond donors (Lipinski definition) is 0. The Morgan fingerprint density at radius 2 is 1.93 bits per heavy atom. The number of benzene rings is 1. The lowest BCUT2D eigenvalue weighted by Gasteiger charge is -2.21. The van der Waals surface area contributed by atoms with Gasteiger partial charge in [0.1, 0.15) is 5.69 Å². The molecule has 1 saturated heterocycles. The third-order valence-electron chi connectivity index (χ3n) is 5.45. The second-order valence-electron chi connectivity index (χ2n) is 7.52. The second-order valence-corrected chi connectivity index (χ2v) is 7.52. The van der Waals surface area contributed by atoms with E-state index in [-0.39, 0.29) is 29.1 Å². The Balaban J connectivity index is 1.56. The second kappa shape index (κ2) is 7.17. The van der Waals surface area contributed by atoms with E-state index in [4.69, 9.17) is 0 Å². The van der Waals surface area contributed by atoms with Crippen molar-refractivity contribution in [3.05, 3.63) is 65.1 Å². The fourth-order valence-corrected chi connectivity index (χ4v) is 3.88. The molecule has 0 bridgehead atoms. The number of likely N-dealkylation sites (tertiary alicyclic amines) is 1. The first-order chi connectivity index (χ1) is 13.7. The molecule has 0 aliphatic carbocycles. The molecule has 1 fully saturated rings. The normalized spacial score (nSPS) is 18.4. The molecule has 0 N–H and O–H groups in total. The summed E-state index contributed by atoms with van der Waals surface area (Å²) < 4.78 is 40.9. The Labute approximate surface area is 166 Å². The van der Waals surface area contributed by atoms with E-state index in [9.17, 15) is 18.0 Å². The Bertz CT molecular complexity index is 1050. The maximum Gasteiger partial charge on any atom is 0.433 e. The number of amides is 1. The molecule has 5 nitrogen and oxygen atoms in total. The first-order valence-corrected chi connectivity index (χ1v) is 9.52. The lowest BCUT2D eigenvalue weighted by Crippen LogP contribution is -2.32. The summed E-state index contributed by atoms with van der Waals surface area (Å²) >= 11 is 0. The molecule has 2 aromatic heterocycles. The van der Waals surface area contributed by atoms with Crippen LogP contribution in [0.25, 0.3) is 5.65 Å². The highest BCUT2D eigenvalue weighted by molar-refractivity contribution is 5.83. The summed E-state index contributed by atoms with van der Waals surface area (Å²) in [5, 5.41) is 4.20. The number of fused-ring (bicyclic) bond motifs is 1. The number of carbonyl (C=O) groups is 1. The molecule has 2 atom stereocenters. The van der Waals surface area contributed by atoms with Crippen molar-refractivity contribution >= 4 is 11.6 Å². The van der Waals surface area contributed by atoms with E-state index in [1.165, 1.54) is 6.92 Å². The van der Waals surface area contributed by atoms with Gasteiger partial charge in [0.05, 0.1) is 11.6 Å². The van der Waals surface area contributed by atoms with Gasteiger partial charge in [-0.2, -0.15) is 18.3 Å². The van der Waals surface area contributed by atoms with Crippen LogP contribution >= 0.6 is 0 Å². The van der Waals surface area contributed by atoms with Gasteiger partial charge in [-0.25, -0.2) is 9.50 Å². The fraction of sp³-hybridized carbons (Fsp3) is 0.381. The van der Waals surface area contributed by atoms with Crippen molar-refractivity contribution in [3.8, 4) is 0 Å². The van der Waals surface area contributed by atoms with Crippen LogP contribution in [0.2, 0.25) is 0 Å². The molecule has 3 aromatic rings. The van der Waals surface area contributed by atoms with Crippen molar-refractivity contribution in [2.45, 2.75) is 38.3 Å². The van der Waals surface area contributed by atoms with Crippen LogP contribution in [0.4, 0.5) is 13.2 Å². The molecule has 4 rings (SSSR count). The lowest BCUT2D eigenvalue weighted by atomic mass is 10.00. The largest absolute Gasteiger partial charge is 0.433 e. The molecule has 1 amide bonds. The first-order valence-electron chi connectivity index (χ1n) is 9.52. The molecule has 0 spiro atoms. The Morgan fingerprint density at radius 3 is 2.62 bits per heavy atom. The van der Waals surface area contributed by atoms with Crippen molar-refractivity contribution in [1.82, 2.24) is 19.5 Å². The van der Waals surface area contributed by atoms with E-state index in [1.54, 1.807) is 11.0 Å². The number of alkyl halides is 3. The van der Waals surface area contributed by atoms with E-state index >= 15 is 0 Å². The summed E-state index contributed by atoms with van der Waals surface area (Å²) in [4.78, 5) is 18.8. The minimum absolute atomic E-state index is 0.0208. The van der Waals surface area contributed by atoms with Gasteiger partial charge in [0.2, 0.25) is 5.91 Å². The monoisotopic (exact) mass is 402 g/mol. The fourth-order valence-electron chi connectivity index (χ4n) is 3.88. The van der Waals surface area contributed by atoms with Crippen molar-refractivity contribution in [2.75, 3.05) is 13.1 Å². The summed E-state index contributed by atoms with van der Waals surface area (Å²) in [5.41, 5.74) is 1.11. The van der Waals surface area contributed by atoms with Gasteiger partial charge in [0.15, 0.2) is 5.65 Å². The van der Waals surface area contributed by atoms with Gasteiger partial charge in [-0.3, -0.25) is 4.79 Å². The van der Waals surface area contributed by atoms with Crippen molar-refractivity contribution in [3.63, 3.8) is 0 Å². The lowest BCUT2D eigenvalue weighted by molar-refractivity contribution is -0.142. The molecular formula is C21H21F3N4O. The van der Waals surface area contributed by atoms with Crippen molar-refractivity contribution in [1.29, 1.82) is 0 Å². The van der Waals surface area contributed by atoms with Crippen molar-refractivity contribution < 1.29 is 18.0 Å². The van der Waals surface area contributed by atoms with Gasteiger partial charge in [-0.1, -0.05) is 30.3 Å². The number of carbonyl (C=O) groups excluding carboxylic acids is 1. The van der Waals surface area contributed by atoms with E-state index in [1.807, 2.05) is 37.3 Å². The van der Waals surface area contributed by atoms with Gasteiger partial charge in [0, 0.05) is 30.8 Å². The van der Waals surface area contributed by atoms with Crippen LogP contribution in [0.1, 0.15) is 47.8 Å². The molecule has 3 heterocycles. The smallest absolute Gasteiger partial charge is 0.341 e. The minimum atomic E-state index is -4.52. The molecular weight excluding hydrogens is 381 g/mol. The SMILES string of the molecule is Cc1cc(C(F)(F)F)n2nc(C3CCN(C(=O)C(C)c4ccccc4)C3)cc2n1. The van der Waals surface area contributed by atoms with Crippen LogP contribution in [0.3, 0.4) is 0 Å². The highest BCUT2D eigenvalue weighted by atomic mass is 19.4. The zero-order valence-electron chi connectivity index (χ0n) is 16.1. The molecule has 1 aromatic carbocycles. The molecule has 0 saturated carbocycles. The van der Waals surface area contributed by atoms with Crippen LogP contribution in [-0.4, -0.2) is 38.5 Å². The van der Waals surface area contributed by atoms with E-state index in [0.29, 0.717) is 25.2 Å². The Kier molecular flexibility index (Phi) is 4.80. The minimum Gasteiger partial charge on any atom is -0.341 e. The molecule has 1 aliphatic rings. The standard InChI is InChI=1S/C21H21F3N4O/c1-13-10-18(21(22,23)24)28-19(25-13)11-17(26-28)16-8-9-27(12-16)20(29)14(2)15-6-4-3-5-7-15/h3-7,10-11,14,16H,8-9,12H2,1-2H3. The Morgan fingerprint density at radius 1 is 1.21 bits per heavy atom. The van der Waals surface area contributed by atoms with Gasteiger partial charge in [-0.05, 0) is 31.9 Å². The molecule has 2 unspecified atom stereocenters. The number of nitrogens with zero attached hydrogens (tertiary/aromatic N) is 4. The summed E-state index contributed by atoms with van der Waals surface area (Å²) in [6.45, 7) is 4.41. The molecule has 8 heteroatoms. The highest BCUT2D eigenvalue weighted by Gasteiger charge is 2.36. The van der Waals surface area contributed by atoms with E-state index in [0.717, 1.165) is 16.1 Å². The highest BCUT2D eigenvalue weighted by Crippen LogP contribution is 2.33.